The highest BCUT2D eigenvalue weighted by Gasteiger charge is 2.47. The topological polar surface area (TPSA) is 57.6 Å². The molecule has 0 aliphatic carbocycles. The first-order valence-corrected chi connectivity index (χ1v) is 7.03. The number of anilines is 1. The van der Waals surface area contributed by atoms with Crippen molar-refractivity contribution in [1.82, 2.24) is 0 Å². The molecule has 2 aromatic rings. The predicted molar refractivity (Wildman–Crippen MR) is 81.6 cm³/mol. The number of aliphatic carboxylic acids is 1. The fourth-order valence-electron chi connectivity index (χ4n) is 2.29. The Balaban J connectivity index is 2.46. The largest absolute Gasteiger partial charge is 0.480 e. The van der Waals surface area contributed by atoms with Crippen LogP contribution in [-0.2, 0) is 16.0 Å². The first kappa shape index (κ1) is 17.5. The van der Waals surface area contributed by atoms with E-state index in [0.29, 0.717) is 5.56 Å². The maximum absolute atomic E-state index is 13.0. The second-order valence-electron chi connectivity index (χ2n) is 5.05. The molecule has 0 fully saturated rings. The average molecular weight is 337 g/mol. The van der Waals surface area contributed by atoms with Gasteiger partial charge in [0.25, 0.3) is 0 Å². The Hall–Kier alpha value is -2.83. The lowest BCUT2D eigenvalue weighted by Crippen LogP contribution is -2.51. The predicted octanol–water partition coefficient (Wildman–Crippen LogP) is 3.28. The van der Waals surface area contributed by atoms with Crippen LogP contribution in [0.2, 0.25) is 0 Å². The van der Waals surface area contributed by atoms with Crippen LogP contribution in [0.5, 0.6) is 0 Å². The smallest absolute Gasteiger partial charge is 0.471 e. The van der Waals surface area contributed by atoms with Crippen molar-refractivity contribution in [2.75, 3.05) is 4.90 Å². The standard InChI is InChI=1S/C17H14F3NO3/c18-17(19,20)16(24)21(13-9-5-2-6-10-13)14(15(22)23)11-12-7-3-1-4-8-12/h1-10,14H,11H2,(H,22,23). The normalized spacial score (nSPS) is 12.5. The van der Waals surface area contributed by atoms with E-state index in [9.17, 15) is 27.9 Å². The lowest BCUT2D eigenvalue weighted by molar-refractivity contribution is -0.171. The highest BCUT2D eigenvalue weighted by atomic mass is 19.4. The first-order chi connectivity index (χ1) is 11.3. The van der Waals surface area contributed by atoms with Crippen LogP contribution in [0.15, 0.2) is 60.7 Å². The molecule has 24 heavy (non-hydrogen) atoms. The molecule has 1 N–H and O–H groups in total. The number of amides is 1. The van der Waals surface area contributed by atoms with Gasteiger partial charge in [0.15, 0.2) is 0 Å². The van der Waals surface area contributed by atoms with Gasteiger partial charge < -0.3 is 5.11 Å². The number of carbonyl (C=O) groups is 2. The number of halogens is 3. The number of alkyl halides is 3. The van der Waals surface area contributed by atoms with Crippen LogP contribution in [0.4, 0.5) is 18.9 Å². The van der Waals surface area contributed by atoms with E-state index in [1.165, 1.54) is 24.3 Å². The Bertz CT molecular complexity index is 702. The Labute approximate surface area is 136 Å². The lowest BCUT2D eigenvalue weighted by atomic mass is 10.0. The molecule has 0 spiro atoms. The summed E-state index contributed by atoms with van der Waals surface area (Å²) in [5.41, 5.74) is 0.393. The molecule has 126 valence electrons. The highest BCUT2D eigenvalue weighted by Crippen LogP contribution is 2.27. The Kier molecular flexibility index (Phi) is 5.23. The van der Waals surface area contributed by atoms with Crippen LogP contribution in [0.1, 0.15) is 5.56 Å². The zero-order chi connectivity index (χ0) is 17.7. The van der Waals surface area contributed by atoms with Crippen molar-refractivity contribution in [2.24, 2.45) is 0 Å². The number of rotatable bonds is 5. The Morgan fingerprint density at radius 3 is 1.92 bits per heavy atom. The van der Waals surface area contributed by atoms with Crippen molar-refractivity contribution in [2.45, 2.75) is 18.6 Å². The van der Waals surface area contributed by atoms with Crippen LogP contribution in [0.3, 0.4) is 0 Å². The summed E-state index contributed by atoms with van der Waals surface area (Å²) in [7, 11) is 0. The summed E-state index contributed by atoms with van der Waals surface area (Å²) in [4.78, 5) is 23.7. The average Bonchev–Trinajstić information content (AvgIpc) is 2.55. The number of hydrogen-bond acceptors (Lipinski definition) is 2. The first-order valence-electron chi connectivity index (χ1n) is 7.03. The number of hydrogen-bond donors (Lipinski definition) is 1. The summed E-state index contributed by atoms with van der Waals surface area (Å²) in [5.74, 6) is -3.72. The van der Waals surface area contributed by atoms with Crippen LogP contribution >= 0.6 is 0 Å². The van der Waals surface area contributed by atoms with Gasteiger partial charge in [-0.05, 0) is 17.7 Å². The number of benzene rings is 2. The molecule has 1 amide bonds. The molecule has 0 heterocycles. The number of nitrogens with zero attached hydrogens (tertiary/aromatic N) is 1. The second kappa shape index (κ2) is 7.16. The van der Waals surface area contributed by atoms with Crippen LogP contribution in [0.25, 0.3) is 0 Å². The fourth-order valence-corrected chi connectivity index (χ4v) is 2.29. The van der Waals surface area contributed by atoms with E-state index in [0.717, 1.165) is 0 Å². The van der Waals surface area contributed by atoms with Crippen molar-refractivity contribution in [3.05, 3.63) is 66.2 Å². The summed E-state index contributed by atoms with van der Waals surface area (Å²) in [6.45, 7) is 0. The van der Waals surface area contributed by atoms with Crippen LogP contribution < -0.4 is 4.90 Å². The molecule has 1 atom stereocenters. The summed E-state index contributed by atoms with van der Waals surface area (Å²) < 4.78 is 38.9. The van der Waals surface area contributed by atoms with Crippen molar-refractivity contribution in [3.63, 3.8) is 0 Å². The molecule has 4 nitrogen and oxygen atoms in total. The minimum atomic E-state index is -5.18. The SMILES string of the molecule is O=C(O)C(Cc1ccccc1)N(C(=O)C(F)(F)F)c1ccccc1. The third-order valence-electron chi connectivity index (χ3n) is 3.36. The maximum Gasteiger partial charge on any atom is 0.471 e. The van der Waals surface area contributed by atoms with Crippen molar-refractivity contribution in [3.8, 4) is 0 Å². The van der Waals surface area contributed by atoms with Gasteiger partial charge in [0.2, 0.25) is 0 Å². The molecule has 7 heteroatoms. The molecular formula is C17H14F3NO3. The van der Waals surface area contributed by atoms with E-state index in [4.69, 9.17) is 0 Å². The summed E-state index contributed by atoms with van der Waals surface area (Å²) in [5, 5.41) is 9.42. The summed E-state index contributed by atoms with van der Waals surface area (Å²) in [6.07, 6.45) is -5.42. The molecule has 2 rings (SSSR count). The van der Waals surface area contributed by atoms with E-state index in [1.54, 1.807) is 36.4 Å². The Morgan fingerprint density at radius 2 is 1.46 bits per heavy atom. The monoisotopic (exact) mass is 337 g/mol. The van der Waals surface area contributed by atoms with Gasteiger partial charge in [-0.2, -0.15) is 13.2 Å². The fraction of sp³-hybridized carbons (Fsp3) is 0.176. The number of carboxylic acids is 1. The van der Waals surface area contributed by atoms with Gasteiger partial charge in [0.1, 0.15) is 6.04 Å². The number of carbonyl (C=O) groups excluding carboxylic acids is 1. The lowest BCUT2D eigenvalue weighted by Gasteiger charge is -2.29. The minimum absolute atomic E-state index is 0.122. The third kappa shape index (κ3) is 4.13. The minimum Gasteiger partial charge on any atom is -0.480 e. The molecular weight excluding hydrogens is 323 g/mol. The quantitative estimate of drug-likeness (QED) is 0.911. The zero-order valence-electron chi connectivity index (χ0n) is 12.4. The van der Waals surface area contributed by atoms with Gasteiger partial charge in [-0.3, -0.25) is 9.69 Å². The van der Waals surface area contributed by atoms with Gasteiger partial charge in [0, 0.05) is 12.1 Å². The zero-order valence-corrected chi connectivity index (χ0v) is 12.4. The molecule has 0 aromatic heterocycles. The number of carboxylic acid groups (broad SMARTS) is 1. The van der Waals surface area contributed by atoms with Crippen molar-refractivity contribution >= 4 is 17.6 Å². The van der Waals surface area contributed by atoms with Gasteiger partial charge >= 0.3 is 18.1 Å². The number of para-hydroxylation sites is 1. The van der Waals surface area contributed by atoms with Gasteiger partial charge in [-0.1, -0.05) is 48.5 Å². The van der Waals surface area contributed by atoms with Gasteiger partial charge in [-0.25, -0.2) is 4.79 Å². The summed E-state index contributed by atoms with van der Waals surface area (Å²) in [6, 6.07) is 13.5. The molecule has 1 unspecified atom stereocenters. The van der Waals surface area contributed by atoms with E-state index < -0.39 is 24.1 Å². The van der Waals surface area contributed by atoms with Crippen molar-refractivity contribution in [1.29, 1.82) is 0 Å². The molecule has 0 saturated heterocycles. The summed E-state index contributed by atoms with van der Waals surface area (Å²) >= 11 is 0. The second-order valence-corrected chi connectivity index (χ2v) is 5.05. The molecule has 0 radical (unpaired) electrons. The van der Waals surface area contributed by atoms with E-state index in [2.05, 4.69) is 0 Å². The third-order valence-corrected chi connectivity index (χ3v) is 3.36. The van der Waals surface area contributed by atoms with Crippen molar-refractivity contribution < 1.29 is 27.9 Å². The molecule has 0 aliphatic rings. The maximum atomic E-state index is 13.0. The molecule has 0 aliphatic heterocycles. The van der Waals surface area contributed by atoms with E-state index in [-0.39, 0.29) is 17.0 Å². The van der Waals surface area contributed by atoms with Gasteiger partial charge in [0.05, 0.1) is 0 Å². The molecule has 0 bridgehead atoms. The van der Waals surface area contributed by atoms with Crippen LogP contribution in [-0.4, -0.2) is 29.2 Å². The highest BCUT2D eigenvalue weighted by molar-refractivity contribution is 6.02. The molecule has 0 saturated carbocycles. The van der Waals surface area contributed by atoms with E-state index >= 15 is 0 Å². The van der Waals surface area contributed by atoms with Gasteiger partial charge in [-0.15, -0.1) is 0 Å². The van der Waals surface area contributed by atoms with E-state index in [1.807, 2.05) is 0 Å². The molecule has 2 aromatic carbocycles. The van der Waals surface area contributed by atoms with Crippen LogP contribution in [0, 0.1) is 0 Å². The Morgan fingerprint density at radius 1 is 0.958 bits per heavy atom.